The lowest BCUT2D eigenvalue weighted by atomic mass is 10.1. The molecular formula is C19H14N2O. The highest BCUT2D eigenvalue weighted by atomic mass is 16.5. The molecule has 0 saturated heterocycles. The largest absolute Gasteiger partial charge is 0.496 e. The molecule has 3 heteroatoms. The van der Waals surface area contributed by atoms with Crippen molar-refractivity contribution in [2.24, 2.45) is 0 Å². The summed E-state index contributed by atoms with van der Waals surface area (Å²) in [6, 6.07) is 18.9. The van der Waals surface area contributed by atoms with Crippen LogP contribution in [0.1, 0.15) is 0 Å². The maximum Gasteiger partial charge on any atom is 0.128 e. The van der Waals surface area contributed by atoms with Gasteiger partial charge in [0, 0.05) is 27.1 Å². The molecule has 106 valence electrons. The van der Waals surface area contributed by atoms with Crippen LogP contribution in [0.4, 0.5) is 0 Å². The van der Waals surface area contributed by atoms with Gasteiger partial charge >= 0.3 is 0 Å². The Labute approximate surface area is 126 Å². The molecule has 0 saturated carbocycles. The summed E-state index contributed by atoms with van der Waals surface area (Å²) in [7, 11) is 1.72. The molecule has 0 aliphatic heterocycles. The van der Waals surface area contributed by atoms with Crippen molar-refractivity contribution in [1.82, 2.24) is 9.97 Å². The standard InChI is InChI=1S/C19H14N2O/c1-22-16-8-4-7-15-17(16)13-10-9-12-11-5-2-3-6-14(11)20-18(12)19(13)21-15/h2-10,20-21H,1H3. The molecule has 0 aliphatic rings. The van der Waals surface area contributed by atoms with E-state index in [0.29, 0.717) is 0 Å². The summed E-state index contributed by atoms with van der Waals surface area (Å²) in [5.74, 6) is 0.902. The molecule has 2 heterocycles. The Morgan fingerprint density at radius 1 is 0.682 bits per heavy atom. The molecule has 0 unspecified atom stereocenters. The van der Waals surface area contributed by atoms with E-state index >= 15 is 0 Å². The van der Waals surface area contributed by atoms with E-state index in [1.54, 1.807) is 7.11 Å². The van der Waals surface area contributed by atoms with Gasteiger partial charge in [0.15, 0.2) is 0 Å². The molecule has 22 heavy (non-hydrogen) atoms. The van der Waals surface area contributed by atoms with E-state index in [-0.39, 0.29) is 0 Å². The van der Waals surface area contributed by atoms with Gasteiger partial charge in [-0.2, -0.15) is 0 Å². The van der Waals surface area contributed by atoms with Crippen LogP contribution in [0.2, 0.25) is 0 Å². The number of rotatable bonds is 1. The first-order valence-electron chi connectivity index (χ1n) is 7.34. The van der Waals surface area contributed by atoms with Crippen LogP contribution in [0, 0.1) is 0 Å². The lowest BCUT2D eigenvalue weighted by molar-refractivity contribution is 0.420. The van der Waals surface area contributed by atoms with Crippen molar-refractivity contribution < 1.29 is 4.74 Å². The first-order chi connectivity index (χ1) is 10.9. The fourth-order valence-corrected chi connectivity index (χ4v) is 3.47. The Bertz CT molecular complexity index is 1160. The number of hydrogen-bond acceptors (Lipinski definition) is 1. The van der Waals surface area contributed by atoms with Gasteiger partial charge in [0.25, 0.3) is 0 Å². The fraction of sp³-hybridized carbons (Fsp3) is 0.0526. The lowest BCUT2D eigenvalue weighted by Gasteiger charge is -2.01. The zero-order valence-corrected chi connectivity index (χ0v) is 12.1. The molecule has 2 aromatic heterocycles. The third-order valence-electron chi connectivity index (χ3n) is 4.46. The van der Waals surface area contributed by atoms with E-state index in [1.807, 2.05) is 12.1 Å². The van der Waals surface area contributed by atoms with E-state index in [0.717, 1.165) is 33.2 Å². The summed E-state index contributed by atoms with van der Waals surface area (Å²) in [5.41, 5.74) is 4.54. The first-order valence-corrected chi connectivity index (χ1v) is 7.34. The van der Waals surface area contributed by atoms with Crippen LogP contribution in [0.25, 0.3) is 43.6 Å². The highest BCUT2D eigenvalue weighted by molar-refractivity contribution is 6.22. The molecule has 0 fully saturated rings. The molecule has 5 rings (SSSR count). The summed E-state index contributed by atoms with van der Waals surface area (Å²) < 4.78 is 5.53. The maximum atomic E-state index is 5.53. The van der Waals surface area contributed by atoms with Gasteiger partial charge in [0.2, 0.25) is 0 Å². The first kappa shape index (κ1) is 11.7. The quantitative estimate of drug-likeness (QED) is 0.449. The summed E-state index contributed by atoms with van der Waals surface area (Å²) in [6.07, 6.45) is 0. The Morgan fingerprint density at radius 3 is 2.32 bits per heavy atom. The predicted octanol–water partition coefficient (Wildman–Crippen LogP) is 4.96. The molecule has 0 spiro atoms. The summed E-state index contributed by atoms with van der Waals surface area (Å²) in [4.78, 5) is 7.09. The monoisotopic (exact) mass is 286 g/mol. The normalized spacial score (nSPS) is 11.9. The molecule has 0 bridgehead atoms. The number of hydrogen-bond donors (Lipinski definition) is 2. The van der Waals surface area contributed by atoms with Crippen molar-refractivity contribution in [2.75, 3.05) is 7.11 Å². The topological polar surface area (TPSA) is 40.8 Å². The van der Waals surface area contributed by atoms with Gasteiger partial charge in [0.1, 0.15) is 5.75 Å². The lowest BCUT2D eigenvalue weighted by Crippen LogP contribution is -1.82. The van der Waals surface area contributed by atoms with Gasteiger partial charge < -0.3 is 14.7 Å². The molecule has 0 aliphatic carbocycles. The Balaban J connectivity index is 2.05. The second-order valence-electron chi connectivity index (χ2n) is 5.59. The Hall–Kier alpha value is -2.94. The number of fused-ring (bicyclic) bond motifs is 7. The summed E-state index contributed by atoms with van der Waals surface area (Å²) >= 11 is 0. The van der Waals surface area contributed by atoms with Crippen LogP contribution in [0.15, 0.2) is 54.6 Å². The number of ether oxygens (including phenoxy) is 1. The average molecular weight is 286 g/mol. The predicted molar refractivity (Wildman–Crippen MR) is 91.7 cm³/mol. The van der Waals surface area contributed by atoms with Gasteiger partial charge in [-0.3, -0.25) is 0 Å². The molecule has 0 amide bonds. The van der Waals surface area contributed by atoms with Gasteiger partial charge in [-0.1, -0.05) is 36.4 Å². The van der Waals surface area contributed by atoms with Crippen molar-refractivity contribution in [3.63, 3.8) is 0 Å². The van der Waals surface area contributed by atoms with E-state index in [9.17, 15) is 0 Å². The molecule has 5 aromatic rings. The van der Waals surface area contributed by atoms with Crippen molar-refractivity contribution in [3.05, 3.63) is 54.6 Å². The number of nitrogens with one attached hydrogen (secondary N) is 2. The number of methoxy groups -OCH3 is 1. The van der Waals surface area contributed by atoms with Crippen molar-refractivity contribution >= 4 is 43.6 Å². The van der Waals surface area contributed by atoms with Crippen molar-refractivity contribution in [1.29, 1.82) is 0 Å². The highest BCUT2D eigenvalue weighted by Gasteiger charge is 2.13. The SMILES string of the molecule is COc1cccc2[nH]c3c(ccc4c5ccccc5[nH]c43)c12. The third-order valence-corrected chi connectivity index (χ3v) is 4.46. The van der Waals surface area contributed by atoms with Crippen LogP contribution in [-0.2, 0) is 0 Å². The van der Waals surface area contributed by atoms with Gasteiger partial charge in [-0.25, -0.2) is 0 Å². The van der Waals surface area contributed by atoms with Gasteiger partial charge in [-0.15, -0.1) is 0 Å². The van der Waals surface area contributed by atoms with Crippen LogP contribution >= 0.6 is 0 Å². The minimum Gasteiger partial charge on any atom is -0.496 e. The second kappa shape index (κ2) is 4.04. The summed E-state index contributed by atoms with van der Waals surface area (Å²) in [6.45, 7) is 0. The minimum atomic E-state index is 0.902. The Kier molecular flexibility index (Phi) is 2.15. The van der Waals surface area contributed by atoms with E-state index in [1.165, 1.54) is 16.2 Å². The van der Waals surface area contributed by atoms with Crippen LogP contribution in [0.3, 0.4) is 0 Å². The zero-order valence-electron chi connectivity index (χ0n) is 12.1. The van der Waals surface area contributed by atoms with Gasteiger partial charge in [0.05, 0.1) is 23.7 Å². The van der Waals surface area contributed by atoms with Crippen LogP contribution < -0.4 is 4.74 Å². The number of benzene rings is 3. The number of H-pyrrole nitrogens is 2. The number of para-hydroxylation sites is 1. The fourth-order valence-electron chi connectivity index (χ4n) is 3.47. The highest BCUT2D eigenvalue weighted by Crippen LogP contribution is 2.37. The maximum absolute atomic E-state index is 5.53. The van der Waals surface area contributed by atoms with E-state index < -0.39 is 0 Å². The number of aromatic amines is 2. The zero-order chi connectivity index (χ0) is 14.7. The molecule has 0 atom stereocenters. The van der Waals surface area contributed by atoms with E-state index in [4.69, 9.17) is 4.74 Å². The Morgan fingerprint density at radius 2 is 1.41 bits per heavy atom. The molecule has 0 radical (unpaired) electrons. The van der Waals surface area contributed by atoms with E-state index in [2.05, 4.69) is 52.4 Å². The molecule has 3 nitrogen and oxygen atoms in total. The third kappa shape index (κ3) is 1.35. The number of aromatic nitrogens is 2. The van der Waals surface area contributed by atoms with Crippen LogP contribution in [-0.4, -0.2) is 17.1 Å². The minimum absolute atomic E-state index is 0.902. The average Bonchev–Trinajstić information content (AvgIpc) is 3.12. The summed E-state index contributed by atoms with van der Waals surface area (Å²) in [5, 5.41) is 4.82. The van der Waals surface area contributed by atoms with Crippen molar-refractivity contribution in [2.45, 2.75) is 0 Å². The second-order valence-corrected chi connectivity index (χ2v) is 5.59. The smallest absolute Gasteiger partial charge is 0.128 e. The molecule has 3 aromatic carbocycles. The molecular weight excluding hydrogens is 272 g/mol. The van der Waals surface area contributed by atoms with Crippen molar-refractivity contribution in [3.8, 4) is 5.75 Å². The van der Waals surface area contributed by atoms with Crippen LogP contribution in [0.5, 0.6) is 5.75 Å². The molecule has 2 N–H and O–H groups in total. The van der Waals surface area contributed by atoms with Gasteiger partial charge in [-0.05, 0) is 18.2 Å².